The van der Waals surface area contributed by atoms with Gasteiger partial charge >= 0.3 is 12.3 Å². The Morgan fingerprint density at radius 1 is 1.31 bits per heavy atom. The fourth-order valence-electron chi connectivity index (χ4n) is 0.942. The lowest BCUT2D eigenvalue weighted by molar-refractivity contribution is -0.160. The van der Waals surface area contributed by atoms with Gasteiger partial charge in [-0.3, -0.25) is 0 Å². The second-order valence-electron chi connectivity index (χ2n) is 3.63. The first-order chi connectivity index (χ1) is 7.31. The van der Waals surface area contributed by atoms with Gasteiger partial charge in [0, 0.05) is 6.54 Å². The summed E-state index contributed by atoms with van der Waals surface area (Å²) in [5.41, 5.74) is 0. The van der Waals surface area contributed by atoms with E-state index in [4.69, 9.17) is 0 Å². The summed E-state index contributed by atoms with van der Waals surface area (Å²) in [7, 11) is 3.84. The van der Waals surface area contributed by atoms with E-state index in [1.807, 2.05) is 19.0 Å². The molecule has 1 N–H and O–H groups in total. The molecule has 0 aliphatic heterocycles. The minimum atomic E-state index is -4.47. The van der Waals surface area contributed by atoms with E-state index in [2.05, 4.69) is 10.1 Å². The minimum Gasteiger partial charge on any atom is -0.440 e. The number of nitrogens with one attached hydrogen (secondary N) is 1. The van der Waals surface area contributed by atoms with Gasteiger partial charge in [0.15, 0.2) is 6.61 Å². The van der Waals surface area contributed by atoms with Crippen LogP contribution in [0.25, 0.3) is 0 Å². The molecule has 16 heavy (non-hydrogen) atoms. The number of hydrogen-bond acceptors (Lipinski definition) is 3. The van der Waals surface area contributed by atoms with Crippen molar-refractivity contribution < 1.29 is 22.7 Å². The van der Waals surface area contributed by atoms with Crippen LogP contribution in [0.5, 0.6) is 0 Å². The van der Waals surface area contributed by atoms with Gasteiger partial charge in [0.05, 0.1) is 0 Å². The predicted molar refractivity (Wildman–Crippen MR) is 53.2 cm³/mol. The average Bonchev–Trinajstić information content (AvgIpc) is 2.12. The zero-order chi connectivity index (χ0) is 12.6. The molecule has 4 nitrogen and oxygen atoms in total. The lowest BCUT2D eigenvalue weighted by atomic mass is 10.3. The Bertz CT molecular complexity index is 207. The minimum absolute atomic E-state index is 0.324. The zero-order valence-electron chi connectivity index (χ0n) is 9.43. The Morgan fingerprint density at radius 3 is 2.44 bits per heavy atom. The first-order valence-corrected chi connectivity index (χ1v) is 4.93. The Labute approximate surface area is 92.7 Å². The molecule has 0 rings (SSSR count). The zero-order valence-corrected chi connectivity index (χ0v) is 9.43. The van der Waals surface area contributed by atoms with E-state index >= 15 is 0 Å². The monoisotopic (exact) mass is 242 g/mol. The largest absolute Gasteiger partial charge is 0.440 e. The molecule has 0 fully saturated rings. The maximum Gasteiger partial charge on any atom is 0.422 e. The molecule has 0 unspecified atom stereocenters. The highest BCUT2D eigenvalue weighted by atomic mass is 19.4. The van der Waals surface area contributed by atoms with Gasteiger partial charge in [0.25, 0.3) is 0 Å². The number of alkyl carbamates (subject to hydrolysis) is 1. The Hall–Kier alpha value is -0.980. The van der Waals surface area contributed by atoms with E-state index in [1.54, 1.807) is 0 Å². The van der Waals surface area contributed by atoms with Crippen molar-refractivity contribution in [2.24, 2.45) is 0 Å². The number of amides is 1. The molecule has 0 aromatic heterocycles. The highest BCUT2D eigenvalue weighted by Gasteiger charge is 2.29. The van der Waals surface area contributed by atoms with Crippen molar-refractivity contribution in [3.63, 3.8) is 0 Å². The van der Waals surface area contributed by atoms with Gasteiger partial charge in [-0.05, 0) is 33.5 Å². The van der Waals surface area contributed by atoms with Gasteiger partial charge in [-0.2, -0.15) is 13.2 Å². The molecule has 0 aliphatic rings. The average molecular weight is 242 g/mol. The van der Waals surface area contributed by atoms with Crippen molar-refractivity contribution in [3.05, 3.63) is 0 Å². The van der Waals surface area contributed by atoms with Gasteiger partial charge in [-0.15, -0.1) is 0 Å². The predicted octanol–water partition coefficient (Wildman–Crippen LogP) is 1.62. The summed E-state index contributed by atoms with van der Waals surface area (Å²) < 4.78 is 38.9. The van der Waals surface area contributed by atoms with Crippen LogP contribution in [0.1, 0.15) is 12.8 Å². The van der Waals surface area contributed by atoms with Crippen LogP contribution in [0.15, 0.2) is 0 Å². The van der Waals surface area contributed by atoms with Gasteiger partial charge in [0.1, 0.15) is 0 Å². The van der Waals surface area contributed by atoms with Gasteiger partial charge in [-0.25, -0.2) is 4.79 Å². The van der Waals surface area contributed by atoms with Gasteiger partial charge in [-0.1, -0.05) is 0 Å². The number of unbranched alkanes of at least 4 members (excludes halogenated alkanes) is 1. The maximum absolute atomic E-state index is 11.6. The van der Waals surface area contributed by atoms with E-state index in [9.17, 15) is 18.0 Å². The van der Waals surface area contributed by atoms with E-state index in [0.717, 1.165) is 13.0 Å². The second kappa shape index (κ2) is 7.32. The third kappa shape index (κ3) is 11.1. The number of halogens is 3. The highest BCUT2D eigenvalue weighted by Crippen LogP contribution is 2.14. The molecule has 0 aromatic carbocycles. The van der Waals surface area contributed by atoms with Crippen molar-refractivity contribution in [3.8, 4) is 0 Å². The molecule has 0 radical (unpaired) electrons. The summed E-state index contributed by atoms with van der Waals surface area (Å²) in [6, 6.07) is 0. The van der Waals surface area contributed by atoms with Crippen LogP contribution < -0.4 is 5.32 Å². The molecule has 96 valence electrons. The fourth-order valence-corrected chi connectivity index (χ4v) is 0.942. The summed E-state index contributed by atoms with van der Waals surface area (Å²) in [5.74, 6) is 0. The summed E-state index contributed by atoms with van der Waals surface area (Å²) in [6.45, 7) is -0.347. The van der Waals surface area contributed by atoms with Crippen LogP contribution in [-0.2, 0) is 4.74 Å². The Kier molecular flexibility index (Phi) is 6.87. The van der Waals surface area contributed by atoms with E-state index in [1.165, 1.54) is 0 Å². The van der Waals surface area contributed by atoms with Crippen LogP contribution >= 0.6 is 0 Å². The molecule has 0 heterocycles. The third-order valence-electron chi connectivity index (χ3n) is 1.67. The van der Waals surface area contributed by atoms with Crippen molar-refractivity contribution >= 4 is 6.09 Å². The van der Waals surface area contributed by atoms with Crippen molar-refractivity contribution in [1.82, 2.24) is 10.2 Å². The summed E-state index contributed by atoms with van der Waals surface area (Å²) in [4.78, 5) is 12.7. The SMILES string of the molecule is CN(C)CCCCNC(=O)OCC(F)(F)F. The topological polar surface area (TPSA) is 41.6 Å². The Balaban J connectivity index is 3.38. The van der Waals surface area contributed by atoms with Gasteiger partial charge < -0.3 is 15.0 Å². The number of carbonyl (C=O) groups is 1. The molecule has 0 aliphatic carbocycles. The smallest absolute Gasteiger partial charge is 0.422 e. The van der Waals surface area contributed by atoms with E-state index < -0.39 is 18.9 Å². The number of nitrogens with zero attached hydrogens (tertiary/aromatic N) is 1. The molecule has 0 atom stereocenters. The van der Waals surface area contributed by atoms with Crippen LogP contribution in [0.4, 0.5) is 18.0 Å². The lowest BCUT2D eigenvalue weighted by Crippen LogP contribution is -2.30. The number of hydrogen-bond donors (Lipinski definition) is 1. The summed E-state index contributed by atoms with van der Waals surface area (Å²) in [5, 5.41) is 2.25. The van der Waals surface area contributed by atoms with Crippen LogP contribution in [0, 0.1) is 0 Å². The number of carbonyl (C=O) groups excluding carboxylic acids is 1. The van der Waals surface area contributed by atoms with E-state index in [-0.39, 0.29) is 0 Å². The van der Waals surface area contributed by atoms with Gasteiger partial charge in [0.2, 0.25) is 0 Å². The highest BCUT2D eigenvalue weighted by molar-refractivity contribution is 5.67. The lowest BCUT2D eigenvalue weighted by Gasteiger charge is -2.10. The standard InChI is InChI=1S/C9H17F3N2O2/c1-14(2)6-4-3-5-13-8(15)16-7-9(10,11)12/h3-7H2,1-2H3,(H,13,15). The normalized spacial score (nSPS) is 11.6. The first kappa shape index (κ1) is 15.0. The van der Waals surface area contributed by atoms with Crippen molar-refractivity contribution in [2.75, 3.05) is 33.8 Å². The van der Waals surface area contributed by atoms with Crippen LogP contribution in [-0.4, -0.2) is 51.0 Å². The fraction of sp³-hybridized carbons (Fsp3) is 0.889. The molecule has 1 amide bonds. The molecule has 0 saturated carbocycles. The quantitative estimate of drug-likeness (QED) is 0.719. The molecule has 0 spiro atoms. The number of ether oxygens (including phenoxy) is 1. The second-order valence-corrected chi connectivity index (χ2v) is 3.63. The first-order valence-electron chi connectivity index (χ1n) is 4.93. The maximum atomic E-state index is 11.6. The molecule has 0 saturated heterocycles. The van der Waals surface area contributed by atoms with Crippen LogP contribution in [0.3, 0.4) is 0 Å². The number of alkyl halides is 3. The molecule has 0 bridgehead atoms. The summed E-state index contributed by atoms with van der Waals surface area (Å²) >= 11 is 0. The van der Waals surface area contributed by atoms with Crippen molar-refractivity contribution in [1.29, 1.82) is 0 Å². The van der Waals surface area contributed by atoms with Crippen LogP contribution in [0.2, 0.25) is 0 Å². The third-order valence-corrected chi connectivity index (χ3v) is 1.67. The van der Waals surface area contributed by atoms with E-state index in [0.29, 0.717) is 13.0 Å². The molecular formula is C9H17F3N2O2. The van der Waals surface area contributed by atoms with Crippen molar-refractivity contribution in [2.45, 2.75) is 19.0 Å². The molecule has 7 heteroatoms. The molecular weight excluding hydrogens is 225 g/mol. The number of rotatable bonds is 6. The molecule has 0 aromatic rings. The Morgan fingerprint density at radius 2 is 1.94 bits per heavy atom. The summed E-state index contributed by atoms with van der Waals surface area (Å²) in [6.07, 6.45) is -3.92.